The number of nitrogens with zero attached hydrogens (tertiary/aromatic N) is 4. The lowest BCUT2D eigenvalue weighted by Gasteiger charge is -2.34. The van der Waals surface area contributed by atoms with E-state index in [0.29, 0.717) is 0 Å². The van der Waals surface area contributed by atoms with E-state index in [9.17, 15) is 0 Å². The summed E-state index contributed by atoms with van der Waals surface area (Å²) in [6, 6.07) is 53.1. The maximum atomic E-state index is 5.34. The van der Waals surface area contributed by atoms with E-state index in [2.05, 4.69) is 173 Å². The molecule has 0 bridgehead atoms. The van der Waals surface area contributed by atoms with Gasteiger partial charge < -0.3 is 0 Å². The molecule has 2 aromatic heterocycles. The quantitative estimate of drug-likeness (QED) is 0.170. The second kappa shape index (κ2) is 12.9. The monoisotopic (exact) mass is 748 g/mol. The maximum absolute atomic E-state index is 5.34. The predicted molar refractivity (Wildman–Crippen MR) is 234 cm³/mol. The summed E-state index contributed by atoms with van der Waals surface area (Å²) in [4.78, 5) is 20.6. The van der Waals surface area contributed by atoms with Crippen LogP contribution in [0.2, 0.25) is 0 Å². The van der Waals surface area contributed by atoms with E-state index in [1.165, 1.54) is 44.2 Å². The molecule has 0 radical (unpaired) electrons. The average molecular weight is 749 g/mol. The van der Waals surface area contributed by atoms with Crippen molar-refractivity contribution < 1.29 is 0 Å². The summed E-state index contributed by atoms with van der Waals surface area (Å²) in [5.41, 5.74) is 12.7. The maximum Gasteiger partial charge on any atom is 0.117 e. The molecule has 3 aliphatic rings. The lowest BCUT2D eigenvalue weighted by atomic mass is 9.67. The zero-order chi connectivity index (χ0) is 37.4. The number of aromatic nitrogens is 2. The number of benzene rings is 5. The fourth-order valence-electron chi connectivity index (χ4n) is 8.56. The lowest BCUT2D eigenvalue weighted by Crippen LogP contribution is -2.28. The molecule has 268 valence electrons. The van der Waals surface area contributed by atoms with Crippen LogP contribution in [-0.2, 0) is 5.41 Å². The van der Waals surface area contributed by atoms with Gasteiger partial charge >= 0.3 is 0 Å². The summed E-state index contributed by atoms with van der Waals surface area (Å²) in [7, 11) is 0. The van der Waals surface area contributed by atoms with Gasteiger partial charge in [-0.2, -0.15) is 0 Å². The van der Waals surface area contributed by atoms with Gasteiger partial charge in [0.25, 0.3) is 0 Å². The number of rotatable bonds is 6. The van der Waals surface area contributed by atoms with Crippen LogP contribution < -0.4 is 0 Å². The molecule has 0 unspecified atom stereocenters. The molecule has 2 aliphatic heterocycles. The third-order valence-corrected chi connectivity index (χ3v) is 13.8. The molecule has 10 rings (SSSR count). The normalized spacial score (nSPS) is 17.5. The molecular formula is C49H40N4S2. The summed E-state index contributed by atoms with van der Waals surface area (Å²) in [6.45, 7) is 8.76. The van der Waals surface area contributed by atoms with Crippen molar-refractivity contribution in [3.05, 3.63) is 179 Å². The molecule has 0 saturated carbocycles. The highest BCUT2D eigenvalue weighted by atomic mass is 32.2. The number of pyridine rings is 2. The van der Waals surface area contributed by atoms with Crippen LogP contribution in [0.25, 0.3) is 44.4 Å². The standard InChI is InChI=1S/C49H40N4S2/c1-47(2)29-54-45(52-47)42-23-13-21-40(50-42)31-25-26-36-38(27-31)49(32-15-7-5-8-16-32,33-17-9-6-10-18-33)39-28-37(34-19-11-12-20-35(34)44(36)39)41-22-14-24-43(51-41)46-53-48(3,4)30-55-46/h5-28H,29-30H2,1-4H3. The highest BCUT2D eigenvalue weighted by Crippen LogP contribution is 2.59. The van der Waals surface area contributed by atoms with Crippen molar-refractivity contribution in [3.8, 4) is 33.6 Å². The Balaban J connectivity index is 1.25. The van der Waals surface area contributed by atoms with Crippen LogP contribution >= 0.6 is 23.5 Å². The zero-order valence-electron chi connectivity index (χ0n) is 31.4. The highest BCUT2D eigenvalue weighted by molar-refractivity contribution is 8.15. The second-order valence-corrected chi connectivity index (χ2v) is 17.9. The number of thioether (sulfide) groups is 2. The molecule has 4 nitrogen and oxygen atoms in total. The number of fused-ring (bicyclic) bond motifs is 5. The molecule has 0 N–H and O–H groups in total. The van der Waals surface area contributed by atoms with Crippen molar-refractivity contribution in [1.29, 1.82) is 0 Å². The molecule has 0 saturated heterocycles. The van der Waals surface area contributed by atoms with Crippen LogP contribution in [0.1, 0.15) is 61.3 Å². The molecule has 0 spiro atoms. The Bertz CT molecular complexity index is 2680. The van der Waals surface area contributed by atoms with Crippen LogP contribution in [0.3, 0.4) is 0 Å². The average Bonchev–Trinajstić information content (AvgIpc) is 3.88. The molecule has 4 heterocycles. The Morgan fingerprint density at radius 2 is 0.982 bits per heavy atom. The van der Waals surface area contributed by atoms with Gasteiger partial charge in [0.1, 0.15) is 10.1 Å². The van der Waals surface area contributed by atoms with Crippen molar-refractivity contribution in [3.63, 3.8) is 0 Å². The Morgan fingerprint density at radius 1 is 0.455 bits per heavy atom. The van der Waals surface area contributed by atoms with Gasteiger partial charge in [0, 0.05) is 22.6 Å². The minimum atomic E-state index is -0.609. The number of hydrogen-bond acceptors (Lipinski definition) is 6. The van der Waals surface area contributed by atoms with Crippen molar-refractivity contribution >= 4 is 44.4 Å². The molecule has 1 aliphatic carbocycles. The van der Waals surface area contributed by atoms with Crippen LogP contribution in [0.5, 0.6) is 0 Å². The molecule has 55 heavy (non-hydrogen) atoms. The fourth-order valence-corrected chi connectivity index (χ4v) is 10.8. The van der Waals surface area contributed by atoms with Gasteiger partial charge in [0.2, 0.25) is 0 Å². The van der Waals surface area contributed by atoms with E-state index in [4.69, 9.17) is 20.0 Å². The van der Waals surface area contributed by atoms with E-state index in [1.807, 2.05) is 0 Å². The van der Waals surface area contributed by atoms with Gasteiger partial charge in [0.15, 0.2) is 0 Å². The molecule has 0 amide bonds. The molecule has 5 aromatic carbocycles. The Labute approximate surface area is 331 Å². The Hall–Kier alpha value is -5.30. The van der Waals surface area contributed by atoms with Crippen LogP contribution in [0.4, 0.5) is 0 Å². The minimum absolute atomic E-state index is 0.0823. The second-order valence-electron chi connectivity index (χ2n) is 16.0. The first-order valence-corrected chi connectivity index (χ1v) is 20.9. The third kappa shape index (κ3) is 5.68. The smallest absolute Gasteiger partial charge is 0.117 e. The molecule has 0 fully saturated rings. The largest absolute Gasteiger partial charge is 0.269 e. The summed E-state index contributed by atoms with van der Waals surface area (Å²) < 4.78 is 0. The van der Waals surface area contributed by atoms with Crippen LogP contribution in [-0.4, -0.2) is 42.6 Å². The lowest BCUT2D eigenvalue weighted by molar-refractivity contribution is 0.604. The van der Waals surface area contributed by atoms with Gasteiger partial charge in [0.05, 0.1) is 39.3 Å². The van der Waals surface area contributed by atoms with Crippen molar-refractivity contribution in [2.24, 2.45) is 9.98 Å². The van der Waals surface area contributed by atoms with Crippen molar-refractivity contribution in [2.45, 2.75) is 44.2 Å². The first-order chi connectivity index (χ1) is 26.7. The van der Waals surface area contributed by atoms with Crippen molar-refractivity contribution in [1.82, 2.24) is 9.97 Å². The van der Waals surface area contributed by atoms with Gasteiger partial charge in [-0.05, 0) is 108 Å². The van der Waals surface area contributed by atoms with Crippen LogP contribution in [0.15, 0.2) is 156 Å². The third-order valence-electron chi connectivity index (χ3n) is 11.0. The molecule has 7 aromatic rings. The summed E-state index contributed by atoms with van der Waals surface area (Å²) >= 11 is 3.59. The Kier molecular flexibility index (Phi) is 8.02. The zero-order valence-corrected chi connectivity index (χ0v) is 33.0. The van der Waals surface area contributed by atoms with Gasteiger partial charge in [-0.3, -0.25) is 9.98 Å². The first kappa shape index (κ1) is 34.2. The fraction of sp³-hybridized carbons (Fsp3) is 0.184. The Morgan fingerprint density at radius 3 is 1.56 bits per heavy atom. The SMILES string of the molecule is CC1(C)CSC(c2cccc(-c3ccc4c(c3)C(c3ccccc3)(c3ccccc3)c3cc(-c5cccc(C6=NC(C)(C)CS6)n5)c5ccccc5c3-4)n2)=N1. The molecule has 6 heteroatoms. The summed E-state index contributed by atoms with van der Waals surface area (Å²) in [6.07, 6.45) is 0. The predicted octanol–water partition coefficient (Wildman–Crippen LogP) is 11.9. The van der Waals surface area contributed by atoms with Gasteiger partial charge in [-0.15, -0.1) is 23.5 Å². The number of aliphatic imine (C=N–C) groups is 2. The van der Waals surface area contributed by atoms with Gasteiger partial charge in [-0.1, -0.05) is 109 Å². The van der Waals surface area contributed by atoms with E-state index < -0.39 is 5.41 Å². The number of hydrogen-bond donors (Lipinski definition) is 0. The molecular weight excluding hydrogens is 709 g/mol. The van der Waals surface area contributed by atoms with Crippen LogP contribution in [0, 0.1) is 0 Å². The summed E-state index contributed by atoms with van der Waals surface area (Å²) in [5, 5.41) is 4.44. The van der Waals surface area contributed by atoms with E-state index in [1.54, 1.807) is 23.5 Å². The topological polar surface area (TPSA) is 50.5 Å². The first-order valence-electron chi connectivity index (χ1n) is 18.9. The van der Waals surface area contributed by atoms with E-state index in [-0.39, 0.29) is 11.1 Å². The van der Waals surface area contributed by atoms with Crippen molar-refractivity contribution in [2.75, 3.05) is 11.5 Å². The molecule has 0 atom stereocenters. The summed E-state index contributed by atoms with van der Waals surface area (Å²) in [5.74, 6) is 1.92. The highest BCUT2D eigenvalue weighted by Gasteiger charge is 2.47. The van der Waals surface area contributed by atoms with Gasteiger partial charge in [-0.25, -0.2) is 9.97 Å². The van der Waals surface area contributed by atoms with E-state index in [0.717, 1.165) is 55.5 Å². The minimum Gasteiger partial charge on any atom is -0.269 e. The van der Waals surface area contributed by atoms with E-state index >= 15 is 0 Å².